The van der Waals surface area contributed by atoms with Gasteiger partial charge in [0, 0.05) is 6.04 Å². The summed E-state index contributed by atoms with van der Waals surface area (Å²) in [6.45, 7) is 4.85. The molecule has 0 aliphatic rings. The topological polar surface area (TPSA) is 83.9 Å². The molecule has 19 heavy (non-hydrogen) atoms. The minimum atomic E-state index is -4.03. The summed E-state index contributed by atoms with van der Waals surface area (Å²) in [7, 11) is -4.03. The van der Waals surface area contributed by atoms with Gasteiger partial charge in [-0.2, -0.15) is 0 Å². The lowest BCUT2D eigenvalue weighted by Gasteiger charge is -2.23. The Balaban J connectivity index is 3.32. The summed E-state index contributed by atoms with van der Waals surface area (Å²) in [6, 6.07) is 4.25. The number of isocyanates is 1. The summed E-state index contributed by atoms with van der Waals surface area (Å²) in [5.74, 6) is 0. The van der Waals surface area contributed by atoms with Crippen LogP contribution in [0, 0.1) is 6.92 Å². The molecule has 0 saturated heterocycles. The zero-order valence-electron chi connectivity index (χ0n) is 10.8. The standard InChI is InChI=1S/C12H14N2O4S/c1-9(2)14(12(16)13-8-15)19(17,18)11-6-4-10(3)5-7-11/h4-7,9H,1-3H3. The fraction of sp³-hybridized carbons (Fsp3) is 0.333. The minimum absolute atomic E-state index is 0.0266. The number of sulfonamides is 1. The van der Waals surface area contributed by atoms with Gasteiger partial charge in [-0.1, -0.05) is 17.7 Å². The van der Waals surface area contributed by atoms with Gasteiger partial charge in [-0.05, 0) is 32.9 Å². The Morgan fingerprint density at radius 3 is 2.21 bits per heavy atom. The molecule has 0 spiro atoms. The smallest absolute Gasteiger partial charge is 0.244 e. The van der Waals surface area contributed by atoms with Crippen molar-refractivity contribution in [3.63, 3.8) is 0 Å². The van der Waals surface area contributed by atoms with Crippen molar-refractivity contribution in [1.29, 1.82) is 0 Å². The molecular weight excluding hydrogens is 268 g/mol. The van der Waals surface area contributed by atoms with Gasteiger partial charge in [0.2, 0.25) is 6.08 Å². The molecule has 1 rings (SSSR count). The third-order valence-electron chi connectivity index (χ3n) is 2.38. The highest BCUT2D eigenvalue weighted by Gasteiger charge is 2.31. The number of rotatable bonds is 3. The van der Waals surface area contributed by atoms with Crippen LogP contribution in [0.15, 0.2) is 34.2 Å². The first kappa shape index (κ1) is 15.1. The number of amides is 2. The zero-order chi connectivity index (χ0) is 14.6. The SMILES string of the molecule is Cc1ccc(S(=O)(=O)N(C(=O)N=C=O)C(C)C)cc1. The first-order chi connectivity index (χ1) is 8.80. The molecule has 0 N–H and O–H groups in total. The quantitative estimate of drug-likeness (QED) is 0.625. The van der Waals surface area contributed by atoms with Crippen molar-refractivity contribution < 1.29 is 18.0 Å². The second kappa shape index (κ2) is 5.77. The Morgan fingerprint density at radius 1 is 1.26 bits per heavy atom. The summed E-state index contributed by atoms with van der Waals surface area (Å²) < 4.78 is 25.2. The number of urea groups is 1. The van der Waals surface area contributed by atoms with Gasteiger partial charge >= 0.3 is 6.03 Å². The van der Waals surface area contributed by atoms with Crippen LogP contribution < -0.4 is 0 Å². The molecule has 0 radical (unpaired) electrons. The van der Waals surface area contributed by atoms with E-state index in [0.29, 0.717) is 4.31 Å². The number of nitrogens with zero attached hydrogens (tertiary/aromatic N) is 2. The number of carbonyl (C=O) groups is 1. The highest BCUT2D eigenvalue weighted by atomic mass is 32.2. The predicted molar refractivity (Wildman–Crippen MR) is 68.9 cm³/mol. The van der Waals surface area contributed by atoms with E-state index < -0.39 is 22.1 Å². The van der Waals surface area contributed by atoms with Gasteiger partial charge in [-0.15, -0.1) is 4.99 Å². The van der Waals surface area contributed by atoms with Crippen molar-refractivity contribution >= 4 is 22.1 Å². The average molecular weight is 282 g/mol. The summed E-state index contributed by atoms with van der Waals surface area (Å²) in [5.41, 5.74) is 0.896. The van der Waals surface area contributed by atoms with Crippen LogP contribution in [-0.2, 0) is 14.8 Å². The molecule has 102 valence electrons. The molecule has 0 heterocycles. The van der Waals surface area contributed by atoms with Crippen LogP contribution in [-0.4, -0.2) is 30.9 Å². The van der Waals surface area contributed by atoms with E-state index in [-0.39, 0.29) is 4.90 Å². The van der Waals surface area contributed by atoms with Gasteiger partial charge in [0.1, 0.15) is 0 Å². The van der Waals surface area contributed by atoms with Gasteiger partial charge in [-0.25, -0.2) is 22.3 Å². The van der Waals surface area contributed by atoms with Gasteiger partial charge in [0.25, 0.3) is 10.0 Å². The highest BCUT2D eigenvalue weighted by Crippen LogP contribution is 2.19. The van der Waals surface area contributed by atoms with Crippen LogP contribution in [0.4, 0.5) is 4.79 Å². The van der Waals surface area contributed by atoms with Crippen LogP contribution in [0.2, 0.25) is 0 Å². The van der Waals surface area contributed by atoms with Gasteiger partial charge in [0.05, 0.1) is 4.90 Å². The normalized spacial score (nSPS) is 10.9. The van der Waals surface area contributed by atoms with E-state index in [1.54, 1.807) is 12.1 Å². The maximum atomic E-state index is 12.3. The molecule has 1 aromatic carbocycles. The predicted octanol–water partition coefficient (Wildman–Crippen LogP) is 1.85. The van der Waals surface area contributed by atoms with E-state index in [4.69, 9.17) is 0 Å². The van der Waals surface area contributed by atoms with Gasteiger partial charge < -0.3 is 0 Å². The fourth-order valence-electron chi connectivity index (χ4n) is 1.51. The van der Waals surface area contributed by atoms with Crippen LogP contribution in [0.5, 0.6) is 0 Å². The maximum absolute atomic E-state index is 12.3. The largest absolute Gasteiger partial charge is 0.368 e. The average Bonchev–Trinajstić information content (AvgIpc) is 2.28. The highest BCUT2D eigenvalue weighted by molar-refractivity contribution is 7.89. The van der Waals surface area contributed by atoms with Crippen LogP contribution in [0.25, 0.3) is 0 Å². The molecule has 0 unspecified atom stereocenters. The van der Waals surface area contributed by atoms with E-state index in [1.807, 2.05) is 6.92 Å². The molecule has 1 aromatic rings. The lowest BCUT2D eigenvalue weighted by molar-refractivity contribution is 0.226. The van der Waals surface area contributed by atoms with E-state index in [2.05, 4.69) is 4.99 Å². The Hall–Kier alpha value is -1.98. The second-order valence-corrected chi connectivity index (χ2v) is 6.01. The monoisotopic (exact) mass is 282 g/mol. The summed E-state index contributed by atoms with van der Waals surface area (Å²) in [4.78, 5) is 24.5. The molecule has 0 saturated carbocycles. The first-order valence-corrected chi connectivity index (χ1v) is 6.97. The van der Waals surface area contributed by atoms with Crippen LogP contribution in [0.1, 0.15) is 19.4 Å². The minimum Gasteiger partial charge on any atom is -0.244 e. The summed E-state index contributed by atoms with van der Waals surface area (Å²) in [5, 5.41) is 0. The van der Waals surface area contributed by atoms with Crippen LogP contribution in [0.3, 0.4) is 0 Å². The molecule has 0 bridgehead atoms. The Morgan fingerprint density at radius 2 is 1.79 bits per heavy atom. The molecule has 0 aliphatic carbocycles. The lowest BCUT2D eigenvalue weighted by atomic mass is 10.2. The Labute approximate surface area is 111 Å². The van der Waals surface area contributed by atoms with E-state index >= 15 is 0 Å². The Kier molecular flexibility index (Phi) is 4.58. The third kappa shape index (κ3) is 3.27. The molecular formula is C12H14N2O4S. The van der Waals surface area contributed by atoms with Crippen molar-refractivity contribution in [3.05, 3.63) is 29.8 Å². The molecule has 0 aromatic heterocycles. The first-order valence-electron chi connectivity index (χ1n) is 5.53. The summed E-state index contributed by atoms with van der Waals surface area (Å²) >= 11 is 0. The Bertz CT molecular complexity index is 614. The van der Waals surface area contributed by atoms with Gasteiger partial charge in [-0.3, -0.25) is 0 Å². The van der Waals surface area contributed by atoms with Crippen LogP contribution >= 0.6 is 0 Å². The van der Waals surface area contributed by atoms with Crippen molar-refractivity contribution in [2.45, 2.75) is 31.7 Å². The zero-order valence-corrected chi connectivity index (χ0v) is 11.6. The molecule has 0 aliphatic heterocycles. The number of carbonyl (C=O) groups excluding carboxylic acids is 2. The van der Waals surface area contributed by atoms with Crippen molar-refractivity contribution in [2.24, 2.45) is 4.99 Å². The van der Waals surface area contributed by atoms with Crippen molar-refractivity contribution in [3.8, 4) is 0 Å². The molecule has 6 nitrogen and oxygen atoms in total. The van der Waals surface area contributed by atoms with E-state index in [9.17, 15) is 18.0 Å². The number of benzene rings is 1. The second-order valence-electron chi connectivity index (χ2n) is 4.19. The lowest BCUT2D eigenvalue weighted by Crippen LogP contribution is -2.40. The number of hydrogen-bond donors (Lipinski definition) is 0. The number of hydrogen-bond acceptors (Lipinski definition) is 4. The molecule has 0 atom stereocenters. The molecule has 7 heteroatoms. The molecule has 0 fully saturated rings. The fourth-order valence-corrected chi connectivity index (χ4v) is 3.02. The number of aryl methyl sites for hydroxylation is 1. The van der Waals surface area contributed by atoms with E-state index in [1.165, 1.54) is 26.0 Å². The van der Waals surface area contributed by atoms with Crippen molar-refractivity contribution in [2.75, 3.05) is 0 Å². The summed E-state index contributed by atoms with van der Waals surface area (Å²) in [6.07, 6.45) is 1.05. The van der Waals surface area contributed by atoms with Crippen molar-refractivity contribution in [1.82, 2.24) is 4.31 Å². The van der Waals surface area contributed by atoms with E-state index in [0.717, 1.165) is 11.6 Å². The maximum Gasteiger partial charge on any atom is 0.368 e. The number of aliphatic imine (C=N–C) groups is 1. The van der Waals surface area contributed by atoms with Gasteiger partial charge in [0.15, 0.2) is 0 Å². The third-order valence-corrected chi connectivity index (χ3v) is 4.34. The molecule has 2 amide bonds.